The minimum absolute atomic E-state index is 0.770. The van der Waals surface area contributed by atoms with Crippen molar-refractivity contribution >= 4 is 5.69 Å². The number of imidazole rings is 1. The van der Waals surface area contributed by atoms with Crippen LogP contribution in [0.3, 0.4) is 0 Å². The average Bonchev–Trinajstić information content (AvgIpc) is 2.75. The first-order chi connectivity index (χ1) is 7.81. The molecule has 16 heavy (non-hydrogen) atoms. The monoisotopic (exact) mass is 215 g/mol. The van der Waals surface area contributed by atoms with E-state index in [4.69, 9.17) is 0 Å². The largest absolute Gasteiger partial charge is 0.378 e. The smallest absolute Gasteiger partial charge is 0.128 e. The van der Waals surface area contributed by atoms with Gasteiger partial charge in [0.25, 0.3) is 0 Å². The van der Waals surface area contributed by atoms with Crippen molar-refractivity contribution in [3.05, 3.63) is 48.0 Å². The predicted molar refractivity (Wildman–Crippen MR) is 66.4 cm³/mol. The molecule has 0 saturated heterocycles. The molecular weight excluding hydrogens is 198 g/mol. The molecule has 0 aliphatic rings. The van der Waals surface area contributed by atoms with Crippen LogP contribution in [0, 0.1) is 6.92 Å². The minimum atomic E-state index is 0.770. The van der Waals surface area contributed by atoms with Crippen molar-refractivity contribution < 1.29 is 0 Å². The summed E-state index contributed by atoms with van der Waals surface area (Å²) in [4.78, 5) is 4.33. The number of hydrogen-bond acceptors (Lipinski definition) is 2. The Morgan fingerprint density at radius 3 is 2.88 bits per heavy atom. The zero-order valence-corrected chi connectivity index (χ0v) is 9.77. The highest BCUT2D eigenvalue weighted by Gasteiger charge is 2.01. The van der Waals surface area contributed by atoms with Crippen LogP contribution in [-0.4, -0.2) is 9.55 Å². The lowest BCUT2D eigenvalue weighted by Gasteiger charge is -2.09. The van der Waals surface area contributed by atoms with Crippen molar-refractivity contribution in [3.8, 4) is 0 Å². The topological polar surface area (TPSA) is 29.9 Å². The molecular formula is C13H17N3. The van der Waals surface area contributed by atoms with Crippen LogP contribution in [-0.2, 0) is 13.1 Å². The maximum absolute atomic E-state index is 4.33. The molecule has 1 aromatic heterocycles. The molecule has 0 amide bonds. The van der Waals surface area contributed by atoms with E-state index in [0.29, 0.717) is 0 Å². The fourth-order valence-corrected chi connectivity index (χ4v) is 1.74. The Hall–Kier alpha value is -1.77. The van der Waals surface area contributed by atoms with Gasteiger partial charge in [0.05, 0.1) is 6.54 Å². The van der Waals surface area contributed by atoms with Crippen LogP contribution >= 0.6 is 0 Å². The zero-order chi connectivity index (χ0) is 11.4. The van der Waals surface area contributed by atoms with E-state index in [1.165, 1.54) is 11.3 Å². The van der Waals surface area contributed by atoms with Crippen LogP contribution in [0.2, 0.25) is 0 Å². The second-order valence-electron chi connectivity index (χ2n) is 3.80. The van der Waals surface area contributed by atoms with Crippen LogP contribution in [0.4, 0.5) is 5.69 Å². The Labute approximate surface area is 96.1 Å². The van der Waals surface area contributed by atoms with Crippen molar-refractivity contribution in [2.24, 2.45) is 0 Å². The molecule has 3 nitrogen and oxygen atoms in total. The van der Waals surface area contributed by atoms with Crippen LogP contribution in [0.5, 0.6) is 0 Å². The summed E-state index contributed by atoms with van der Waals surface area (Å²) in [5.74, 6) is 1.07. The Balaban J connectivity index is 2.05. The van der Waals surface area contributed by atoms with Gasteiger partial charge in [0.15, 0.2) is 0 Å². The number of rotatable bonds is 4. The first-order valence-electron chi connectivity index (χ1n) is 5.60. The maximum Gasteiger partial charge on any atom is 0.128 e. The Kier molecular flexibility index (Phi) is 3.25. The Morgan fingerprint density at radius 1 is 1.31 bits per heavy atom. The maximum atomic E-state index is 4.33. The standard InChI is InChI=1S/C13H17N3/c1-3-16-9-8-14-13(16)10-15-12-7-5-4-6-11(12)2/h4-9,15H,3,10H2,1-2H3. The number of aromatic nitrogens is 2. The highest BCUT2D eigenvalue weighted by molar-refractivity contribution is 5.50. The summed E-state index contributed by atoms with van der Waals surface area (Å²) < 4.78 is 2.14. The number of nitrogens with one attached hydrogen (secondary N) is 1. The second-order valence-corrected chi connectivity index (χ2v) is 3.80. The zero-order valence-electron chi connectivity index (χ0n) is 9.77. The van der Waals surface area contributed by atoms with E-state index >= 15 is 0 Å². The summed E-state index contributed by atoms with van der Waals surface area (Å²) >= 11 is 0. The molecule has 84 valence electrons. The fourth-order valence-electron chi connectivity index (χ4n) is 1.74. The Morgan fingerprint density at radius 2 is 2.12 bits per heavy atom. The summed E-state index contributed by atoms with van der Waals surface area (Å²) in [5.41, 5.74) is 2.44. The Bertz CT molecular complexity index is 460. The van der Waals surface area contributed by atoms with Gasteiger partial charge >= 0.3 is 0 Å². The summed E-state index contributed by atoms with van der Waals surface area (Å²) in [6.45, 7) is 5.96. The number of hydrogen-bond donors (Lipinski definition) is 1. The molecule has 1 aromatic carbocycles. The van der Waals surface area contributed by atoms with Gasteiger partial charge in [-0.05, 0) is 25.5 Å². The SMILES string of the molecule is CCn1ccnc1CNc1ccccc1C. The number of para-hydroxylation sites is 1. The number of anilines is 1. The predicted octanol–water partition coefficient (Wildman–Crippen LogP) is 2.82. The van der Waals surface area contributed by atoms with Gasteiger partial charge in [-0.1, -0.05) is 18.2 Å². The normalized spacial score (nSPS) is 10.4. The van der Waals surface area contributed by atoms with Gasteiger partial charge in [0.1, 0.15) is 5.82 Å². The summed E-state index contributed by atoms with van der Waals surface area (Å²) in [5, 5.41) is 3.41. The number of benzene rings is 1. The van der Waals surface area contributed by atoms with Crippen molar-refractivity contribution in [3.63, 3.8) is 0 Å². The number of nitrogens with zero attached hydrogens (tertiary/aromatic N) is 2. The van der Waals surface area contributed by atoms with Crippen molar-refractivity contribution in [2.45, 2.75) is 26.9 Å². The van der Waals surface area contributed by atoms with Crippen LogP contribution in [0.15, 0.2) is 36.7 Å². The van der Waals surface area contributed by atoms with Crippen LogP contribution < -0.4 is 5.32 Å². The molecule has 2 rings (SSSR count). The lowest BCUT2D eigenvalue weighted by Crippen LogP contribution is -2.08. The molecule has 0 fully saturated rings. The third-order valence-corrected chi connectivity index (χ3v) is 2.72. The third kappa shape index (κ3) is 2.24. The van der Waals surface area contributed by atoms with Gasteiger partial charge in [-0.2, -0.15) is 0 Å². The van der Waals surface area contributed by atoms with Gasteiger partial charge < -0.3 is 9.88 Å². The fraction of sp³-hybridized carbons (Fsp3) is 0.308. The minimum Gasteiger partial charge on any atom is -0.378 e. The van der Waals surface area contributed by atoms with Gasteiger partial charge in [-0.15, -0.1) is 0 Å². The molecule has 3 heteroatoms. The van der Waals surface area contributed by atoms with Gasteiger partial charge in [-0.25, -0.2) is 4.98 Å². The third-order valence-electron chi connectivity index (χ3n) is 2.72. The van der Waals surface area contributed by atoms with Gasteiger partial charge in [0, 0.05) is 24.6 Å². The molecule has 0 aliphatic carbocycles. The molecule has 0 radical (unpaired) electrons. The van der Waals surface area contributed by atoms with Gasteiger partial charge in [0.2, 0.25) is 0 Å². The first kappa shape index (κ1) is 10.7. The van der Waals surface area contributed by atoms with Crippen molar-refractivity contribution in [2.75, 3.05) is 5.32 Å². The highest BCUT2D eigenvalue weighted by atomic mass is 15.1. The molecule has 0 spiro atoms. The quantitative estimate of drug-likeness (QED) is 0.850. The molecule has 0 saturated carbocycles. The van der Waals surface area contributed by atoms with E-state index in [2.05, 4.69) is 40.8 Å². The summed E-state index contributed by atoms with van der Waals surface area (Å²) in [6.07, 6.45) is 3.85. The molecule has 0 aliphatic heterocycles. The molecule has 1 N–H and O–H groups in total. The number of aryl methyl sites for hydroxylation is 2. The van der Waals surface area contributed by atoms with Gasteiger partial charge in [-0.3, -0.25) is 0 Å². The van der Waals surface area contributed by atoms with Crippen molar-refractivity contribution in [1.29, 1.82) is 0 Å². The molecule has 0 bridgehead atoms. The summed E-state index contributed by atoms with van der Waals surface area (Å²) in [7, 11) is 0. The molecule has 0 unspecified atom stereocenters. The van der Waals surface area contributed by atoms with Crippen LogP contribution in [0.1, 0.15) is 18.3 Å². The second kappa shape index (κ2) is 4.84. The lowest BCUT2D eigenvalue weighted by molar-refractivity contribution is 0.708. The van der Waals surface area contributed by atoms with E-state index in [-0.39, 0.29) is 0 Å². The van der Waals surface area contributed by atoms with Crippen molar-refractivity contribution in [1.82, 2.24) is 9.55 Å². The van der Waals surface area contributed by atoms with E-state index in [1.807, 2.05) is 24.5 Å². The highest BCUT2D eigenvalue weighted by Crippen LogP contribution is 2.14. The average molecular weight is 215 g/mol. The first-order valence-corrected chi connectivity index (χ1v) is 5.60. The molecule has 1 heterocycles. The van der Waals surface area contributed by atoms with Crippen LogP contribution in [0.25, 0.3) is 0 Å². The van der Waals surface area contributed by atoms with E-state index in [1.54, 1.807) is 0 Å². The molecule has 2 aromatic rings. The van der Waals surface area contributed by atoms with E-state index in [0.717, 1.165) is 18.9 Å². The van der Waals surface area contributed by atoms with E-state index < -0.39 is 0 Å². The summed E-state index contributed by atoms with van der Waals surface area (Å²) in [6, 6.07) is 8.29. The lowest BCUT2D eigenvalue weighted by atomic mass is 10.2. The van der Waals surface area contributed by atoms with E-state index in [9.17, 15) is 0 Å². The molecule has 0 atom stereocenters.